The van der Waals surface area contributed by atoms with Gasteiger partial charge in [-0.15, -0.1) is 0 Å². The summed E-state index contributed by atoms with van der Waals surface area (Å²) in [7, 11) is 0. The van der Waals surface area contributed by atoms with Crippen LogP contribution in [0.4, 0.5) is 5.69 Å². The smallest absolute Gasteiger partial charge is 0.103 e. The van der Waals surface area contributed by atoms with Gasteiger partial charge in [0.25, 0.3) is 0 Å². The summed E-state index contributed by atoms with van der Waals surface area (Å²) in [5.41, 5.74) is 4.57. The normalized spacial score (nSPS) is 10.6. The van der Waals surface area contributed by atoms with Crippen molar-refractivity contribution in [2.75, 3.05) is 11.9 Å². The van der Waals surface area contributed by atoms with E-state index < -0.39 is 0 Å². The fourth-order valence-electron chi connectivity index (χ4n) is 2.99. The van der Waals surface area contributed by atoms with Crippen LogP contribution in [0.25, 0.3) is 16.6 Å². The van der Waals surface area contributed by atoms with E-state index in [1.54, 1.807) is 12.4 Å². The average Bonchev–Trinajstić information content (AvgIpc) is 3.23. The number of nitrogens with zero attached hydrogens (tertiary/aromatic N) is 4. The Morgan fingerprint density at radius 1 is 1.04 bits per heavy atom. The fourth-order valence-corrected chi connectivity index (χ4v) is 2.99. The summed E-state index contributed by atoms with van der Waals surface area (Å²) < 4.78 is 1.84. The summed E-state index contributed by atoms with van der Waals surface area (Å²) in [6.45, 7) is 0.740. The molecule has 0 aliphatic carbocycles. The van der Waals surface area contributed by atoms with E-state index in [2.05, 4.69) is 45.7 Å². The molecule has 4 aromatic rings. The maximum Gasteiger partial charge on any atom is 0.103 e. The molecule has 2 aromatic heterocycles. The molecule has 0 saturated heterocycles. The number of aromatic nitrogens is 3. The van der Waals surface area contributed by atoms with E-state index >= 15 is 0 Å². The van der Waals surface area contributed by atoms with Crippen molar-refractivity contribution in [1.29, 1.82) is 5.26 Å². The average molecular weight is 339 g/mol. The topological polar surface area (TPSA) is 66.5 Å². The number of hydrogen-bond acceptors (Lipinski definition) is 4. The van der Waals surface area contributed by atoms with Crippen molar-refractivity contribution in [1.82, 2.24) is 14.8 Å². The van der Waals surface area contributed by atoms with Crippen LogP contribution in [0, 0.1) is 11.3 Å². The van der Waals surface area contributed by atoms with E-state index in [0.29, 0.717) is 5.56 Å². The fraction of sp³-hybridized carbons (Fsp3) is 0.0952. The van der Waals surface area contributed by atoms with Gasteiger partial charge >= 0.3 is 0 Å². The number of pyridine rings is 1. The summed E-state index contributed by atoms with van der Waals surface area (Å²) in [4.78, 5) is 4.34. The van der Waals surface area contributed by atoms with Gasteiger partial charge in [0, 0.05) is 30.5 Å². The maximum atomic E-state index is 9.38. The molecule has 0 unspecified atom stereocenters. The minimum Gasteiger partial charge on any atom is -0.383 e. The van der Waals surface area contributed by atoms with Crippen LogP contribution in [-0.2, 0) is 6.42 Å². The Bertz CT molecular complexity index is 1060. The number of hydrogen-bond donors (Lipinski definition) is 1. The van der Waals surface area contributed by atoms with Crippen molar-refractivity contribution in [2.45, 2.75) is 6.42 Å². The Kier molecular flexibility index (Phi) is 4.31. The summed E-state index contributed by atoms with van der Waals surface area (Å²) in [5.74, 6) is 0. The second kappa shape index (κ2) is 7.08. The lowest BCUT2D eigenvalue weighted by Gasteiger charge is -2.11. The highest BCUT2D eigenvalue weighted by atomic mass is 15.3. The Morgan fingerprint density at radius 2 is 1.88 bits per heavy atom. The zero-order valence-electron chi connectivity index (χ0n) is 14.1. The summed E-state index contributed by atoms with van der Waals surface area (Å²) >= 11 is 0. The van der Waals surface area contributed by atoms with Crippen LogP contribution in [-0.4, -0.2) is 21.3 Å². The van der Waals surface area contributed by atoms with Gasteiger partial charge in [-0.3, -0.25) is 4.98 Å². The quantitative estimate of drug-likeness (QED) is 0.598. The molecule has 26 heavy (non-hydrogen) atoms. The lowest BCUT2D eigenvalue weighted by Crippen LogP contribution is -2.07. The summed E-state index contributed by atoms with van der Waals surface area (Å²) in [5, 5.41) is 18.0. The molecular formula is C21H17N5. The highest BCUT2D eigenvalue weighted by Crippen LogP contribution is 2.25. The van der Waals surface area contributed by atoms with Crippen molar-refractivity contribution in [2.24, 2.45) is 0 Å². The van der Waals surface area contributed by atoms with E-state index in [1.165, 1.54) is 5.56 Å². The first-order valence-electron chi connectivity index (χ1n) is 8.46. The minimum atomic E-state index is 0.567. The Labute approximate surface area is 151 Å². The second-order valence-electron chi connectivity index (χ2n) is 5.97. The maximum absolute atomic E-state index is 9.38. The van der Waals surface area contributed by atoms with Gasteiger partial charge in [-0.05, 0) is 36.2 Å². The van der Waals surface area contributed by atoms with Crippen LogP contribution < -0.4 is 5.32 Å². The lowest BCUT2D eigenvalue weighted by molar-refractivity contribution is 0.878. The summed E-state index contributed by atoms with van der Waals surface area (Å²) in [6.07, 6.45) is 6.18. The van der Waals surface area contributed by atoms with Crippen molar-refractivity contribution in [3.63, 3.8) is 0 Å². The highest BCUT2D eigenvalue weighted by Gasteiger charge is 2.08. The number of nitriles is 1. The monoisotopic (exact) mass is 339 g/mol. The number of benzene rings is 2. The number of fused-ring (bicyclic) bond motifs is 1. The first-order valence-corrected chi connectivity index (χ1v) is 8.46. The van der Waals surface area contributed by atoms with Gasteiger partial charge in [0.05, 0.1) is 22.5 Å². The van der Waals surface area contributed by atoms with E-state index in [-0.39, 0.29) is 0 Å². The number of nitrogens with one attached hydrogen (secondary N) is 1. The molecule has 5 nitrogen and oxygen atoms in total. The van der Waals surface area contributed by atoms with Crippen LogP contribution in [0.2, 0.25) is 0 Å². The van der Waals surface area contributed by atoms with Gasteiger partial charge in [-0.1, -0.05) is 30.3 Å². The molecule has 2 heterocycles. The van der Waals surface area contributed by atoms with Crippen LogP contribution >= 0.6 is 0 Å². The Hall–Kier alpha value is -3.65. The molecule has 0 saturated carbocycles. The molecule has 0 bridgehead atoms. The van der Waals surface area contributed by atoms with E-state index in [4.69, 9.17) is 0 Å². The lowest BCUT2D eigenvalue weighted by atomic mass is 10.1. The first-order chi connectivity index (χ1) is 12.8. The van der Waals surface area contributed by atoms with Gasteiger partial charge in [0.1, 0.15) is 6.07 Å². The highest BCUT2D eigenvalue weighted by molar-refractivity contribution is 5.93. The predicted octanol–water partition coefficient (Wildman–Crippen LogP) is 3.95. The molecule has 2 aromatic carbocycles. The van der Waals surface area contributed by atoms with Gasteiger partial charge in [-0.25, -0.2) is 4.68 Å². The zero-order chi connectivity index (χ0) is 17.8. The SMILES string of the molecule is N#Cc1cnc2ccccc2c1NCCc1ccc(-n2cccn2)cc1. The molecule has 1 N–H and O–H groups in total. The van der Waals surface area contributed by atoms with Crippen molar-refractivity contribution >= 4 is 16.6 Å². The second-order valence-corrected chi connectivity index (χ2v) is 5.97. The minimum absolute atomic E-state index is 0.567. The molecule has 4 rings (SSSR count). The molecule has 0 aliphatic rings. The van der Waals surface area contributed by atoms with Crippen molar-refractivity contribution in [3.05, 3.63) is 84.3 Å². The van der Waals surface area contributed by atoms with Gasteiger partial charge in [0.15, 0.2) is 0 Å². The third kappa shape index (κ3) is 3.13. The standard InChI is InChI=1S/C21H17N5/c22-14-17-15-24-20-5-2-1-4-19(20)21(17)23-12-10-16-6-8-18(9-7-16)26-13-3-11-25-26/h1-9,11,13,15H,10,12H2,(H,23,24). The van der Waals surface area contributed by atoms with Gasteiger partial charge < -0.3 is 5.32 Å². The van der Waals surface area contributed by atoms with E-state index in [1.807, 2.05) is 41.2 Å². The molecular weight excluding hydrogens is 322 g/mol. The van der Waals surface area contributed by atoms with Crippen molar-refractivity contribution < 1.29 is 0 Å². The molecule has 0 amide bonds. The number of anilines is 1. The van der Waals surface area contributed by atoms with Gasteiger partial charge in [0.2, 0.25) is 0 Å². The molecule has 0 radical (unpaired) electrons. The van der Waals surface area contributed by atoms with Crippen LogP contribution in [0.3, 0.4) is 0 Å². The van der Waals surface area contributed by atoms with E-state index in [0.717, 1.165) is 35.2 Å². The third-order valence-corrected chi connectivity index (χ3v) is 4.32. The molecule has 5 heteroatoms. The Balaban J connectivity index is 1.48. The largest absolute Gasteiger partial charge is 0.383 e. The third-order valence-electron chi connectivity index (χ3n) is 4.32. The first kappa shape index (κ1) is 15.9. The van der Waals surface area contributed by atoms with Crippen LogP contribution in [0.5, 0.6) is 0 Å². The molecule has 0 spiro atoms. The summed E-state index contributed by atoms with van der Waals surface area (Å²) in [6, 6.07) is 20.3. The zero-order valence-corrected chi connectivity index (χ0v) is 14.1. The molecule has 0 fully saturated rings. The number of para-hydroxylation sites is 1. The van der Waals surface area contributed by atoms with Crippen molar-refractivity contribution in [3.8, 4) is 11.8 Å². The number of rotatable bonds is 5. The molecule has 0 atom stereocenters. The Morgan fingerprint density at radius 3 is 2.65 bits per heavy atom. The van der Waals surface area contributed by atoms with Crippen LogP contribution in [0.15, 0.2) is 73.2 Å². The van der Waals surface area contributed by atoms with E-state index in [9.17, 15) is 5.26 Å². The molecule has 126 valence electrons. The van der Waals surface area contributed by atoms with Crippen LogP contribution in [0.1, 0.15) is 11.1 Å². The van der Waals surface area contributed by atoms with Gasteiger partial charge in [-0.2, -0.15) is 10.4 Å². The predicted molar refractivity (Wildman–Crippen MR) is 102 cm³/mol. The molecule has 0 aliphatic heterocycles.